The summed E-state index contributed by atoms with van der Waals surface area (Å²) in [6.45, 7) is 5.92. The molecular weight excluding hydrogens is 784 g/mol. The van der Waals surface area contributed by atoms with Crippen molar-refractivity contribution in [3.8, 4) is 0 Å². The van der Waals surface area contributed by atoms with Crippen molar-refractivity contribution in [2.45, 2.75) is 142 Å². The molecule has 0 N–H and O–H groups in total. The maximum absolute atomic E-state index is 22.4. The van der Waals surface area contributed by atoms with Crippen LogP contribution in [0.1, 0.15) is 124 Å². The summed E-state index contributed by atoms with van der Waals surface area (Å²) in [7, 11) is 11.2. The van der Waals surface area contributed by atoms with E-state index in [1.165, 1.54) is 33.4 Å². The quantitative estimate of drug-likeness (QED) is 0.250. The fourth-order valence-electron chi connectivity index (χ4n) is 14.0. The van der Waals surface area contributed by atoms with Crippen LogP contribution in [0.15, 0.2) is 93.2 Å². The van der Waals surface area contributed by atoms with Crippen molar-refractivity contribution >= 4 is 20.2 Å². The van der Waals surface area contributed by atoms with Gasteiger partial charge in [-0.25, -0.2) is 0 Å². The van der Waals surface area contributed by atoms with Gasteiger partial charge in [0.2, 0.25) is 0 Å². The van der Waals surface area contributed by atoms with Crippen LogP contribution >= 0.6 is 17.0 Å². The molecule has 4 atom stereocenters. The normalized spacial score (nSPS) is 33.4. The molecule has 0 heterocycles. The van der Waals surface area contributed by atoms with E-state index in [2.05, 4.69) is 36.5 Å². The molecule has 0 aromatic rings. The summed E-state index contributed by atoms with van der Waals surface area (Å²) in [4.78, 5) is 0. The van der Waals surface area contributed by atoms with Crippen LogP contribution in [0.2, 0.25) is 18.6 Å². The maximum atomic E-state index is 22.4. The van der Waals surface area contributed by atoms with Crippen molar-refractivity contribution in [3.05, 3.63) is 93.2 Å². The summed E-state index contributed by atoms with van der Waals surface area (Å²) in [5, 5.41) is 0. The van der Waals surface area contributed by atoms with Gasteiger partial charge in [0.1, 0.15) is 0 Å². The molecule has 0 saturated heterocycles. The first kappa shape index (κ1) is 34.1. The number of hydrogen-bond acceptors (Lipinski definition) is 0. The fourth-order valence-corrected chi connectivity index (χ4v) is 175. The second-order valence-corrected chi connectivity index (χ2v) is 107. The van der Waals surface area contributed by atoms with Gasteiger partial charge < -0.3 is 0 Å². The van der Waals surface area contributed by atoms with E-state index in [4.69, 9.17) is 0 Å². The van der Waals surface area contributed by atoms with E-state index in [1.807, 2.05) is 32.9 Å². The van der Waals surface area contributed by atoms with E-state index in [0.717, 1.165) is 117 Å². The summed E-state index contributed by atoms with van der Waals surface area (Å²) in [5.74, 6) is 0. The van der Waals surface area contributed by atoms with E-state index in [9.17, 15) is 17.0 Å². The second kappa shape index (κ2) is 10.5. The Bertz CT molecular complexity index is 1740. The van der Waals surface area contributed by atoms with E-state index < -0.39 is 37.9 Å². The summed E-state index contributed by atoms with van der Waals surface area (Å²) >= 11 is -8.50. The minimum atomic E-state index is -8.50. The molecule has 0 aromatic carbocycles. The molecule has 0 aromatic heterocycles. The Hall–Kier alpha value is -0.00377. The molecule has 8 aliphatic rings. The van der Waals surface area contributed by atoms with Gasteiger partial charge in [-0.2, -0.15) is 0 Å². The van der Waals surface area contributed by atoms with Crippen LogP contribution in [0.25, 0.3) is 0 Å². The Morgan fingerprint density at radius 2 is 0.809 bits per heavy atom. The van der Waals surface area contributed by atoms with Gasteiger partial charge in [0.05, 0.1) is 0 Å². The zero-order chi connectivity index (χ0) is 33.0. The van der Waals surface area contributed by atoms with Crippen molar-refractivity contribution in [1.29, 1.82) is 0 Å². The first-order valence-electron chi connectivity index (χ1n) is 19.3. The van der Waals surface area contributed by atoms with Gasteiger partial charge in [-0.3, -0.25) is 0 Å². The SMILES string of the molecule is C[CH2][Zr]([F])([F])([CH]1C=CC2=C1CCCC2)([CH]1C=CC2=C1CCCC2)[Zr]([Cl])([Cl])(=[C](C)C)([CH]1C=CC2=C1CCCC2)[CH]1C=CC2=C1CCCC2. The van der Waals surface area contributed by atoms with Gasteiger partial charge in [-0.05, 0) is 0 Å². The van der Waals surface area contributed by atoms with Crippen LogP contribution in [0, 0.1) is 0 Å². The Morgan fingerprint density at radius 1 is 0.532 bits per heavy atom. The molecule has 0 bridgehead atoms. The first-order valence-corrected chi connectivity index (χ1v) is 44.6. The predicted octanol–water partition coefficient (Wildman–Crippen LogP) is 15.0. The topological polar surface area (TPSA) is 0 Å². The third kappa shape index (κ3) is 3.48. The van der Waals surface area contributed by atoms with Crippen molar-refractivity contribution < 1.29 is 28.6 Å². The number of halogens is 4. The predicted molar refractivity (Wildman–Crippen MR) is 194 cm³/mol. The standard InChI is InChI=1S/4C9H11.C3H6.C2H5.2ClH.2FH.2Zr/c4*1-2-5-9-7-3-6-8(9)4-1;1-3-2;1-2;;;;;;/h4*3,6-7H,1-2,4-5H2;1-2H3;1H2,2H3;4*1H;;/q;;;;;;;;;;2*+2/p-4. The second-order valence-electron chi connectivity index (χ2n) is 17.5. The van der Waals surface area contributed by atoms with Gasteiger partial charge in [0.15, 0.2) is 0 Å². The molecule has 0 spiro atoms. The minimum absolute atomic E-state index is 0.172. The summed E-state index contributed by atoms with van der Waals surface area (Å²) in [6.07, 6.45) is 32.4. The summed E-state index contributed by atoms with van der Waals surface area (Å²) in [5.41, 5.74) is 9.32. The fraction of sp³-hybridized carbons (Fsp3) is 0.585. The molecule has 4 unspecified atom stereocenters. The Labute approximate surface area is 281 Å². The summed E-state index contributed by atoms with van der Waals surface area (Å²) in [6, 6.07) is 0. The molecular formula is C41H55Cl2F2Zr2. The molecule has 0 radical (unpaired) electrons. The van der Waals surface area contributed by atoms with Crippen molar-refractivity contribution in [3.63, 3.8) is 0 Å². The number of allylic oxidation sites excluding steroid dienone is 16. The zero-order valence-corrected chi connectivity index (χ0v) is 35.4. The van der Waals surface area contributed by atoms with Crippen LogP contribution in [0.4, 0.5) is 5.25 Å². The van der Waals surface area contributed by atoms with E-state index in [0.29, 0.717) is 0 Å². The van der Waals surface area contributed by atoms with Crippen LogP contribution in [0.5, 0.6) is 0 Å². The molecule has 255 valence electrons. The van der Waals surface area contributed by atoms with E-state index >= 15 is 5.25 Å². The van der Waals surface area contributed by atoms with E-state index in [-0.39, 0.29) is 4.13 Å². The third-order valence-corrected chi connectivity index (χ3v) is 175. The molecule has 47 heavy (non-hydrogen) atoms. The van der Waals surface area contributed by atoms with Gasteiger partial charge in [-0.15, -0.1) is 0 Å². The zero-order valence-electron chi connectivity index (χ0n) is 29.0. The molecule has 0 fully saturated rings. The van der Waals surface area contributed by atoms with Crippen molar-refractivity contribution in [2.75, 3.05) is 0 Å². The molecule has 8 rings (SSSR count). The molecule has 0 amide bonds. The first-order chi connectivity index (χ1) is 22.3. The van der Waals surface area contributed by atoms with Gasteiger partial charge in [0, 0.05) is 0 Å². The van der Waals surface area contributed by atoms with Crippen LogP contribution in [-0.4, -0.2) is 3.21 Å². The average molecular weight is 839 g/mol. The van der Waals surface area contributed by atoms with Gasteiger partial charge in [-0.1, -0.05) is 0 Å². The molecule has 0 saturated carbocycles. The monoisotopic (exact) mass is 835 g/mol. The Kier molecular flexibility index (Phi) is 7.65. The Morgan fingerprint density at radius 3 is 1.11 bits per heavy atom. The average Bonchev–Trinajstić information content (AvgIpc) is 3.89. The van der Waals surface area contributed by atoms with Crippen LogP contribution in [-0.2, 0) is 23.4 Å². The number of rotatable bonds is 6. The molecule has 8 aliphatic carbocycles. The third-order valence-electron chi connectivity index (χ3n) is 16.3. The van der Waals surface area contributed by atoms with Crippen molar-refractivity contribution in [1.82, 2.24) is 0 Å². The van der Waals surface area contributed by atoms with E-state index in [1.54, 1.807) is 0 Å². The van der Waals surface area contributed by atoms with Gasteiger partial charge in [0.25, 0.3) is 0 Å². The van der Waals surface area contributed by atoms with Crippen molar-refractivity contribution in [2.24, 2.45) is 0 Å². The summed E-state index contributed by atoms with van der Waals surface area (Å²) < 4.78 is 42.2. The molecule has 6 heteroatoms. The number of hydrogen-bond donors (Lipinski definition) is 0. The van der Waals surface area contributed by atoms with Gasteiger partial charge >= 0.3 is 284 Å². The Balaban J connectivity index is 1.62. The molecule has 0 aliphatic heterocycles. The molecule has 0 nitrogen and oxygen atoms in total. The van der Waals surface area contributed by atoms with Crippen LogP contribution < -0.4 is 0 Å². The van der Waals surface area contributed by atoms with Crippen LogP contribution in [0.3, 0.4) is 0 Å².